The molecule has 9 heteroatoms. The summed E-state index contributed by atoms with van der Waals surface area (Å²) in [7, 11) is 0. The second-order valence-electron chi connectivity index (χ2n) is 4.01. The molecule has 5 N–H and O–H groups in total. The van der Waals surface area contributed by atoms with Crippen LogP contribution in [0.25, 0.3) is 0 Å². The van der Waals surface area contributed by atoms with Crippen molar-refractivity contribution >= 4 is 29.2 Å². The van der Waals surface area contributed by atoms with E-state index in [0.29, 0.717) is 11.4 Å². The standard InChI is InChI=1S/C11H15N3O5S/c12-6(1-2-9(15)16)10(17)13-4-3-8-14-7(5-20-8)11(18)19/h5-6H,1-4,12H2,(H,13,17)(H,15,16)(H,18,19). The maximum absolute atomic E-state index is 11.5. The molecule has 0 spiro atoms. The molecule has 1 amide bonds. The van der Waals surface area contributed by atoms with Crippen LogP contribution < -0.4 is 11.1 Å². The molecular weight excluding hydrogens is 286 g/mol. The van der Waals surface area contributed by atoms with Crippen molar-refractivity contribution in [2.45, 2.75) is 25.3 Å². The third kappa shape index (κ3) is 5.33. The minimum atomic E-state index is -1.09. The van der Waals surface area contributed by atoms with Crippen molar-refractivity contribution in [3.8, 4) is 0 Å². The van der Waals surface area contributed by atoms with Crippen LogP contribution in [0.2, 0.25) is 0 Å². The van der Waals surface area contributed by atoms with E-state index in [2.05, 4.69) is 10.3 Å². The van der Waals surface area contributed by atoms with Gasteiger partial charge in [0.1, 0.15) is 0 Å². The summed E-state index contributed by atoms with van der Waals surface area (Å²) in [4.78, 5) is 36.4. The number of amides is 1. The van der Waals surface area contributed by atoms with E-state index in [1.807, 2.05) is 0 Å². The average molecular weight is 301 g/mol. The van der Waals surface area contributed by atoms with E-state index in [0.717, 1.165) is 0 Å². The van der Waals surface area contributed by atoms with Crippen LogP contribution >= 0.6 is 11.3 Å². The molecule has 0 aliphatic rings. The van der Waals surface area contributed by atoms with Crippen molar-refractivity contribution in [1.82, 2.24) is 10.3 Å². The summed E-state index contributed by atoms with van der Waals surface area (Å²) in [6, 6.07) is -0.864. The number of rotatable bonds is 8. The van der Waals surface area contributed by atoms with Crippen LogP contribution in [0.1, 0.15) is 28.3 Å². The van der Waals surface area contributed by atoms with Crippen LogP contribution in [0.4, 0.5) is 0 Å². The van der Waals surface area contributed by atoms with Crippen molar-refractivity contribution < 1.29 is 24.6 Å². The monoisotopic (exact) mass is 301 g/mol. The fraction of sp³-hybridized carbons (Fsp3) is 0.455. The van der Waals surface area contributed by atoms with Gasteiger partial charge in [0.25, 0.3) is 0 Å². The van der Waals surface area contributed by atoms with Crippen LogP contribution in [-0.4, -0.2) is 45.6 Å². The number of nitrogens with two attached hydrogens (primary N) is 1. The number of aromatic nitrogens is 1. The number of carbonyl (C=O) groups is 3. The lowest BCUT2D eigenvalue weighted by molar-refractivity contribution is -0.137. The normalized spacial score (nSPS) is 11.8. The Kier molecular flexibility index (Phi) is 6.07. The summed E-state index contributed by atoms with van der Waals surface area (Å²) < 4.78 is 0. The van der Waals surface area contributed by atoms with Crippen LogP contribution in [0.3, 0.4) is 0 Å². The van der Waals surface area contributed by atoms with Gasteiger partial charge in [-0.25, -0.2) is 9.78 Å². The minimum Gasteiger partial charge on any atom is -0.481 e. The van der Waals surface area contributed by atoms with Gasteiger partial charge >= 0.3 is 11.9 Å². The first kappa shape index (κ1) is 16.1. The number of carboxylic acid groups (broad SMARTS) is 2. The Hall–Kier alpha value is -2.00. The van der Waals surface area contributed by atoms with Crippen molar-refractivity contribution in [2.24, 2.45) is 5.73 Å². The maximum atomic E-state index is 11.5. The molecule has 0 radical (unpaired) electrons. The molecule has 110 valence electrons. The quantitative estimate of drug-likeness (QED) is 0.516. The van der Waals surface area contributed by atoms with E-state index in [1.165, 1.54) is 16.7 Å². The van der Waals surface area contributed by atoms with E-state index >= 15 is 0 Å². The highest BCUT2D eigenvalue weighted by molar-refractivity contribution is 7.09. The molecule has 0 fully saturated rings. The van der Waals surface area contributed by atoms with Gasteiger partial charge in [0.2, 0.25) is 5.91 Å². The third-order valence-corrected chi connectivity index (χ3v) is 3.32. The second-order valence-corrected chi connectivity index (χ2v) is 4.95. The summed E-state index contributed by atoms with van der Waals surface area (Å²) in [5.74, 6) is -2.52. The van der Waals surface area contributed by atoms with Gasteiger partial charge in [-0.1, -0.05) is 0 Å². The molecule has 0 aliphatic heterocycles. The summed E-state index contributed by atoms with van der Waals surface area (Å²) in [5, 5.41) is 21.8. The van der Waals surface area contributed by atoms with Gasteiger partial charge in [-0.15, -0.1) is 11.3 Å². The van der Waals surface area contributed by atoms with Crippen molar-refractivity contribution in [3.05, 3.63) is 16.1 Å². The Morgan fingerprint density at radius 2 is 2.10 bits per heavy atom. The zero-order chi connectivity index (χ0) is 15.1. The zero-order valence-corrected chi connectivity index (χ0v) is 11.4. The topological polar surface area (TPSA) is 143 Å². The van der Waals surface area contributed by atoms with Crippen LogP contribution in [0.5, 0.6) is 0 Å². The molecule has 1 aromatic heterocycles. The molecular formula is C11H15N3O5S. The smallest absolute Gasteiger partial charge is 0.355 e. The Morgan fingerprint density at radius 1 is 1.40 bits per heavy atom. The summed E-state index contributed by atoms with van der Waals surface area (Å²) in [5.41, 5.74) is 5.50. The van der Waals surface area contributed by atoms with Crippen LogP contribution in [-0.2, 0) is 16.0 Å². The van der Waals surface area contributed by atoms with Crippen molar-refractivity contribution in [2.75, 3.05) is 6.54 Å². The highest BCUT2D eigenvalue weighted by atomic mass is 32.1. The van der Waals surface area contributed by atoms with Crippen molar-refractivity contribution in [3.63, 3.8) is 0 Å². The van der Waals surface area contributed by atoms with E-state index in [1.54, 1.807) is 0 Å². The molecule has 0 saturated carbocycles. The van der Waals surface area contributed by atoms with E-state index in [4.69, 9.17) is 15.9 Å². The number of aromatic carboxylic acids is 1. The summed E-state index contributed by atoms with van der Waals surface area (Å²) in [6.07, 6.45) is 0.306. The number of hydrogen-bond acceptors (Lipinski definition) is 6. The fourth-order valence-corrected chi connectivity index (χ4v) is 2.13. The Bertz CT molecular complexity index is 502. The van der Waals surface area contributed by atoms with Gasteiger partial charge in [0.05, 0.1) is 11.0 Å². The number of carboxylic acids is 2. The third-order valence-electron chi connectivity index (χ3n) is 2.41. The molecule has 1 rings (SSSR count). The number of aliphatic carboxylic acids is 1. The molecule has 0 aromatic carbocycles. The number of carbonyl (C=O) groups excluding carboxylic acids is 1. The summed E-state index contributed by atoms with van der Waals surface area (Å²) >= 11 is 1.20. The summed E-state index contributed by atoms with van der Waals surface area (Å²) in [6.45, 7) is 0.270. The van der Waals surface area contributed by atoms with Gasteiger partial charge in [-0.05, 0) is 6.42 Å². The first-order valence-electron chi connectivity index (χ1n) is 5.83. The van der Waals surface area contributed by atoms with Crippen LogP contribution in [0.15, 0.2) is 5.38 Å². The molecule has 0 bridgehead atoms. The molecule has 1 unspecified atom stereocenters. The predicted octanol–water partition coefficient (Wildman–Crippen LogP) is -0.308. The molecule has 1 aromatic rings. The lowest BCUT2D eigenvalue weighted by atomic mass is 10.1. The maximum Gasteiger partial charge on any atom is 0.355 e. The van der Waals surface area contributed by atoms with Gasteiger partial charge in [0.15, 0.2) is 5.69 Å². The van der Waals surface area contributed by atoms with Gasteiger partial charge < -0.3 is 21.3 Å². The fourth-order valence-electron chi connectivity index (χ4n) is 1.36. The van der Waals surface area contributed by atoms with Gasteiger partial charge in [-0.3, -0.25) is 9.59 Å². The van der Waals surface area contributed by atoms with Gasteiger partial charge in [-0.2, -0.15) is 0 Å². The highest BCUT2D eigenvalue weighted by Crippen LogP contribution is 2.09. The first-order chi connectivity index (χ1) is 9.40. The molecule has 0 saturated heterocycles. The molecule has 0 aliphatic carbocycles. The number of nitrogens with one attached hydrogen (secondary N) is 1. The largest absolute Gasteiger partial charge is 0.481 e. The molecule has 20 heavy (non-hydrogen) atoms. The Balaban J connectivity index is 2.30. The minimum absolute atomic E-state index is 0.0190. The number of thiazole rings is 1. The number of hydrogen-bond donors (Lipinski definition) is 4. The number of nitrogens with zero attached hydrogens (tertiary/aromatic N) is 1. The second kappa shape index (κ2) is 7.56. The Labute approximate surface area is 118 Å². The van der Waals surface area contributed by atoms with Gasteiger partial charge in [0, 0.05) is 24.8 Å². The lowest BCUT2D eigenvalue weighted by Crippen LogP contribution is -2.41. The Morgan fingerprint density at radius 3 is 2.65 bits per heavy atom. The highest BCUT2D eigenvalue weighted by Gasteiger charge is 2.14. The SMILES string of the molecule is NC(CCC(=O)O)C(=O)NCCc1nc(C(=O)O)cs1. The molecule has 1 atom stereocenters. The van der Waals surface area contributed by atoms with E-state index < -0.39 is 23.9 Å². The predicted molar refractivity (Wildman–Crippen MR) is 70.6 cm³/mol. The average Bonchev–Trinajstić information content (AvgIpc) is 2.84. The van der Waals surface area contributed by atoms with E-state index in [-0.39, 0.29) is 25.1 Å². The molecule has 8 nitrogen and oxygen atoms in total. The van der Waals surface area contributed by atoms with E-state index in [9.17, 15) is 14.4 Å². The lowest BCUT2D eigenvalue weighted by Gasteiger charge is -2.10. The zero-order valence-electron chi connectivity index (χ0n) is 10.5. The molecule has 1 heterocycles. The van der Waals surface area contributed by atoms with Crippen LogP contribution in [0, 0.1) is 0 Å². The van der Waals surface area contributed by atoms with Crippen molar-refractivity contribution in [1.29, 1.82) is 0 Å². The first-order valence-corrected chi connectivity index (χ1v) is 6.71.